The van der Waals surface area contributed by atoms with E-state index in [0.29, 0.717) is 17.1 Å². The fourth-order valence-electron chi connectivity index (χ4n) is 0.995. The summed E-state index contributed by atoms with van der Waals surface area (Å²) in [6, 6.07) is 4.57. The quantitative estimate of drug-likeness (QED) is 0.806. The van der Waals surface area contributed by atoms with Crippen LogP contribution in [0.25, 0.3) is 0 Å². The van der Waals surface area contributed by atoms with E-state index in [1.54, 1.807) is 12.1 Å². The second kappa shape index (κ2) is 4.92. The lowest BCUT2D eigenvalue weighted by molar-refractivity contribution is -0.0760. The molecule has 0 spiro atoms. The molecule has 0 radical (unpaired) electrons. The van der Waals surface area contributed by atoms with Crippen molar-refractivity contribution in [3.8, 4) is 0 Å². The largest absolute Gasteiger partial charge is 0.296 e. The monoisotopic (exact) mass is 231 g/mol. The van der Waals surface area contributed by atoms with Gasteiger partial charge >= 0.3 is 0 Å². The molecule has 0 aromatic heterocycles. The Morgan fingerprint density at radius 3 is 2.60 bits per heavy atom. The Bertz CT molecular complexity index is 336. The average molecular weight is 232 g/mol. The second-order valence-corrected chi connectivity index (χ2v) is 4.71. The Balaban J connectivity index is 2.51. The van der Waals surface area contributed by atoms with Crippen molar-refractivity contribution in [2.24, 2.45) is 0 Å². The molecule has 1 aromatic rings. The van der Waals surface area contributed by atoms with Gasteiger partial charge in [-0.25, -0.2) is 4.39 Å². The number of hydroxylamine groups is 1. The summed E-state index contributed by atoms with van der Waals surface area (Å²) in [5.74, 6) is -0.326. The molecule has 0 aliphatic rings. The summed E-state index contributed by atoms with van der Waals surface area (Å²) in [7, 11) is 0. The summed E-state index contributed by atoms with van der Waals surface area (Å²) in [5, 5.41) is 0.396. The fourth-order valence-corrected chi connectivity index (χ4v) is 1.15. The molecule has 0 amide bonds. The van der Waals surface area contributed by atoms with Crippen LogP contribution in [0.4, 0.5) is 4.39 Å². The maximum Gasteiger partial charge on any atom is 0.129 e. The smallest absolute Gasteiger partial charge is 0.129 e. The SMILES string of the molecule is CC(C)(C)ONCc1ccc(Cl)cc1F. The van der Waals surface area contributed by atoms with Gasteiger partial charge < -0.3 is 0 Å². The van der Waals surface area contributed by atoms with Gasteiger partial charge in [0.1, 0.15) is 5.82 Å². The first kappa shape index (κ1) is 12.4. The van der Waals surface area contributed by atoms with Gasteiger partial charge in [-0.2, -0.15) is 5.48 Å². The molecular formula is C11H15ClFNO. The number of hydrogen-bond acceptors (Lipinski definition) is 2. The minimum atomic E-state index is -0.326. The highest BCUT2D eigenvalue weighted by molar-refractivity contribution is 6.30. The number of nitrogens with one attached hydrogen (secondary N) is 1. The third-order valence-electron chi connectivity index (χ3n) is 1.66. The van der Waals surface area contributed by atoms with Crippen LogP contribution in [0.15, 0.2) is 18.2 Å². The molecule has 15 heavy (non-hydrogen) atoms. The molecule has 1 aromatic carbocycles. The van der Waals surface area contributed by atoms with Crippen molar-refractivity contribution in [2.45, 2.75) is 32.9 Å². The lowest BCUT2D eigenvalue weighted by Gasteiger charge is -2.19. The third kappa shape index (κ3) is 4.60. The zero-order valence-corrected chi connectivity index (χ0v) is 9.86. The molecule has 0 unspecified atom stereocenters. The van der Waals surface area contributed by atoms with E-state index in [4.69, 9.17) is 16.4 Å². The first-order chi connectivity index (χ1) is 6.88. The molecule has 0 saturated carbocycles. The topological polar surface area (TPSA) is 21.3 Å². The van der Waals surface area contributed by atoms with Gasteiger partial charge in [-0.3, -0.25) is 4.84 Å². The van der Waals surface area contributed by atoms with E-state index >= 15 is 0 Å². The Hall–Kier alpha value is -0.640. The van der Waals surface area contributed by atoms with Crippen LogP contribution in [-0.4, -0.2) is 5.60 Å². The van der Waals surface area contributed by atoms with Gasteiger partial charge in [-0.15, -0.1) is 0 Å². The molecule has 84 valence electrons. The standard InChI is InChI=1S/C11H15ClFNO/c1-11(2,3)15-14-7-8-4-5-9(12)6-10(8)13/h4-6,14H,7H2,1-3H3. The molecule has 0 heterocycles. The van der Waals surface area contributed by atoms with Crippen LogP contribution in [0.3, 0.4) is 0 Å². The van der Waals surface area contributed by atoms with Crippen LogP contribution in [-0.2, 0) is 11.4 Å². The van der Waals surface area contributed by atoms with Crippen molar-refractivity contribution in [2.75, 3.05) is 0 Å². The van der Waals surface area contributed by atoms with Crippen LogP contribution in [0, 0.1) is 5.82 Å². The first-order valence-electron chi connectivity index (χ1n) is 4.73. The molecular weight excluding hydrogens is 217 g/mol. The van der Waals surface area contributed by atoms with Crippen molar-refractivity contribution in [1.82, 2.24) is 5.48 Å². The molecule has 0 saturated heterocycles. The minimum Gasteiger partial charge on any atom is -0.296 e. The van der Waals surface area contributed by atoms with Gasteiger partial charge in [0.25, 0.3) is 0 Å². The van der Waals surface area contributed by atoms with Crippen LogP contribution >= 0.6 is 11.6 Å². The molecule has 0 aliphatic carbocycles. The van der Waals surface area contributed by atoms with E-state index in [1.807, 2.05) is 20.8 Å². The highest BCUT2D eigenvalue weighted by Crippen LogP contribution is 2.14. The first-order valence-corrected chi connectivity index (χ1v) is 5.11. The van der Waals surface area contributed by atoms with Crippen molar-refractivity contribution in [1.29, 1.82) is 0 Å². The summed E-state index contributed by atoms with van der Waals surface area (Å²) >= 11 is 5.63. The van der Waals surface area contributed by atoms with Crippen molar-refractivity contribution in [3.05, 3.63) is 34.6 Å². The average Bonchev–Trinajstić information content (AvgIpc) is 2.07. The van der Waals surface area contributed by atoms with Crippen LogP contribution < -0.4 is 5.48 Å². The minimum absolute atomic E-state index is 0.289. The van der Waals surface area contributed by atoms with Gasteiger partial charge in [-0.05, 0) is 32.9 Å². The van der Waals surface area contributed by atoms with Gasteiger partial charge in [0.2, 0.25) is 0 Å². The molecule has 0 bridgehead atoms. The van der Waals surface area contributed by atoms with E-state index in [-0.39, 0.29) is 11.4 Å². The van der Waals surface area contributed by atoms with Crippen LogP contribution in [0.2, 0.25) is 5.02 Å². The second-order valence-electron chi connectivity index (χ2n) is 4.27. The number of hydrogen-bond donors (Lipinski definition) is 1. The highest BCUT2D eigenvalue weighted by atomic mass is 35.5. The third-order valence-corrected chi connectivity index (χ3v) is 1.89. The Morgan fingerprint density at radius 2 is 2.07 bits per heavy atom. The number of rotatable bonds is 3. The van der Waals surface area contributed by atoms with E-state index in [1.165, 1.54) is 6.07 Å². The summed E-state index contributed by atoms with van der Waals surface area (Å²) in [5.41, 5.74) is 2.96. The Morgan fingerprint density at radius 1 is 1.40 bits per heavy atom. The van der Waals surface area contributed by atoms with E-state index in [0.717, 1.165) is 0 Å². The summed E-state index contributed by atoms with van der Waals surface area (Å²) < 4.78 is 13.3. The number of benzene rings is 1. The summed E-state index contributed by atoms with van der Waals surface area (Å²) in [4.78, 5) is 5.27. The maximum atomic E-state index is 13.3. The fraction of sp³-hybridized carbons (Fsp3) is 0.455. The molecule has 1 N–H and O–H groups in total. The van der Waals surface area contributed by atoms with Crippen LogP contribution in [0.1, 0.15) is 26.3 Å². The molecule has 2 nitrogen and oxygen atoms in total. The van der Waals surface area contributed by atoms with Gasteiger partial charge in [0.15, 0.2) is 0 Å². The Labute approximate surface area is 94.3 Å². The van der Waals surface area contributed by atoms with Crippen molar-refractivity contribution < 1.29 is 9.23 Å². The number of halogens is 2. The van der Waals surface area contributed by atoms with Crippen molar-refractivity contribution in [3.63, 3.8) is 0 Å². The van der Waals surface area contributed by atoms with Gasteiger partial charge in [0.05, 0.1) is 5.60 Å². The lowest BCUT2D eigenvalue weighted by atomic mass is 10.2. The maximum absolute atomic E-state index is 13.3. The zero-order chi connectivity index (χ0) is 11.5. The summed E-state index contributed by atoms with van der Waals surface area (Å²) in [6.07, 6.45) is 0. The molecule has 0 atom stereocenters. The summed E-state index contributed by atoms with van der Waals surface area (Å²) in [6.45, 7) is 6.06. The van der Waals surface area contributed by atoms with Crippen molar-refractivity contribution >= 4 is 11.6 Å². The molecule has 0 aliphatic heterocycles. The predicted molar refractivity (Wildman–Crippen MR) is 59.1 cm³/mol. The lowest BCUT2D eigenvalue weighted by Crippen LogP contribution is -2.28. The van der Waals surface area contributed by atoms with E-state index in [2.05, 4.69) is 5.48 Å². The molecule has 4 heteroatoms. The zero-order valence-electron chi connectivity index (χ0n) is 9.10. The van der Waals surface area contributed by atoms with Crippen LogP contribution in [0.5, 0.6) is 0 Å². The Kier molecular flexibility index (Phi) is 4.08. The molecule has 0 fully saturated rings. The van der Waals surface area contributed by atoms with Gasteiger partial charge in [0, 0.05) is 17.1 Å². The normalized spacial score (nSPS) is 11.8. The van der Waals surface area contributed by atoms with E-state index < -0.39 is 0 Å². The predicted octanol–water partition coefficient (Wildman–Crippen LogP) is 3.30. The van der Waals surface area contributed by atoms with Gasteiger partial charge in [-0.1, -0.05) is 17.7 Å². The molecule has 1 rings (SSSR count). The highest BCUT2D eigenvalue weighted by Gasteiger charge is 2.10. The van der Waals surface area contributed by atoms with E-state index in [9.17, 15) is 4.39 Å².